The number of aliphatic carboxylic acids is 1. The molecule has 0 unspecified atom stereocenters. The molecule has 1 aromatic heterocycles. The van der Waals surface area contributed by atoms with E-state index in [0.29, 0.717) is 18.7 Å². The van der Waals surface area contributed by atoms with Gasteiger partial charge in [-0.15, -0.1) is 0 Å². The molecule has 1 N–H and O–H groups in total. The lowest BCUT2D eigenvalue weighted by atomic mass is 9.94. The fourth-order valence-electron chi connectivity index (χ4n) is 2.34. The fourth-order valence-corrected chi connectivity index (χ4v) is 2.34. The molecule has 0 atom stereocenters. The molecule has 2 heterocycles. The Morgan fingerprint density at radius 2 is 2.28 bits per heavy atom. The average molecular weight is 245 g/mol. The van der Waals surface area contributed by atoms with Crippen molar-refractivity contribution < 1.29 is 9.90 Å². The van der Waals surface area contributed by atoms with Gasteiger partial charge in [0, 0.05) is 24.7 Å². The number of carboxylic acids is 1. The number of rotatable bonds is 3. The third kappa shape index (κ3) is 2.28. The maximum absolute atomic E-state index is 10.6. The summed E-state index contributed by atoms with van der Waals surface area (Å²) in [6.07, 6.45) is 0.196. The van der Waals surface area contributed by atoms with Gasteiger partial charge in [0.25, 0.3) is 0 Å². The lowest BCUT2D eigenvalue weighted by molar-refractivity contribution is -0.138. The van der Waals surface area contributed by atoms with Crippen LogP contribution in [0, 0.1) is 31.1 Å². The monoisotopic (exact) mass is 245 g/mol. The highest BCUT2D eigenvalue weighted by Crippen LogP contribution is 2.30. The Balaban J connectivity index is 2.17. The third-order valence-corrected chi connectivity index (χ3v) is 3.18. The summed E-state index contributed by atoms with van der Waals surface area (Å²) < 4.78 is 0. The molecule has 5 heteroatoms. The van der Waals surface area contributed by atoms with E-state index in [9.17, 15) is 4.79 Å². The number of nitriles is 1. The van der Waals surface area contributed by atoms with Gasteiger partial charge in [0.1, 0.15) is 6.07 Å². The van der Waals surface area contributed by atoms with Crippen LogP contribution in [0.25, 0.3) is 0 Å². The van der Waals surface area contributed by atoms with E-state index in [-0.39, 0.29) is 12.3 Å². The molecule has 0 radical (unpaired) electrons. The summed E-state index contributed by atoms with van der Waals surface area (Å²) in [5.74, 6) is -0.579. The summed E-state index contributed by atoms with van der Waals surface area (Å²) in [6, 6.07) is 4.07. The van der Waals surface area contributed by atoms with Crippen LogP contribution in [-0.2, 0) is 4.79 Å². The summed E-state index contributed by atoms with van der Waals surface area (Å²) in [6.45, 7) is 5.11. The van der Waals surface area contributed by atoms with E-state index in [1.807, 2.05) is 24.8 Å². The smallest absolute Gasteiger partial charge is 0.303 e. The summed E-state index contributed by atoms with van der Waals surface area (Å²) in [5.41, 5.74) is 3.08. The summed E-state index contributed by atoms with van der Waals surface area (Å²) in [7, 11) is 0. The van der Waals surface area contributed by atoms with Crippen LogP contribution in [0.5, 0.6) is 0 Å². The summed E-state index contributed by atoms with van der Waals surface area (Å²) in [5, 5.41) is 17.9. The van der Waals surface area contributed by atoms with E-state index < -0.39 is 5.97 Å². The minimum Gasteiger partial charge on any atom is -0.481 e. The molecule has 5 nitrogen and oxygen atoms in total. The Bertz CT molecular complexity index is 528. The van der Waals surface area contributed by atoms with Crippen molar-refractivity contribution in [2.75, 3.05) is 18.0 Å². The number of pyridine rings is 1. The number of aromatic nitrogens is 1. The van der Waals surface area contributed by atoms with E-state index >= 15 is 0 Å². The Morgan fingerprint density at radius 3 is 2.83 bits per heavy atom. The molecule has 0 aromatic carbocycles. The second-order valence-corrected chi connectivity index (χ2v) is 4.72. The lowest BCUT2D eigenvalue weighted by Gasteiger charge is -2.41. The predicted octanol–water partition coefficient (Wildman–Crippen LogP) is 1.48. The highest BCUT2D eigenvalue weighted by molar-refractivity contribution is 5.68. The van der Waals surface area contributed by atoms with Crippen LogP contribution in [0.1, 0.15) is 23.4 Å². The van der Waals surface area contributed by atoms with Crippen molar-refractivity contribution in [2.24, 2.45) is 5.92 Å². The molecular formula is C13H15N3O2. The summed E-state index contributed by atoms with van der Waals surface area (Å²) in [4.78, 5) is 16.9. The highest BCUT2D eigenvalue weighted by Gasteiger charge is 2.30. The van der Waals surface area contributed by atoms with Crippen molar-refractivity contribution >= 4 is 11.7 Å². The molecule has 18 heavy (non-hydrogen) atoms. The quantitative estimate of drug-likeness (QED) is 0.872. The Hall–Kier alpha value is -2.09. The second-order valence-electron chi connectivity index (χ2n) is 4.72. The van der Waals surface area contributed by atoms with E-state index in [2.05, 4.69) is 11.1 Å². The molecule has 1 aliphatic heterocycles. The average Bonchev–Trinajstić information content (AvgIpc) is 2.21. The number of hydrogen-bond acceptors (Lipinski definition) is 4. The van der Waals surface area contributed by atoms with Gasteiger partial charge >= 0.3 is 5.97 Å². The van der Waals surface area contributed by atoms with Crippen molar-refractivity contribution in [3.63, 3.8) is 0 Å². The fraction of sp³-hybridized carbons (Fsp3) is 0.462. The van der Waals surface area contributed by atoms with Crippen molar-refractivity contribution in [1.82, 2.24) is 4.98 Å². The first-order chi connectivity index (χ1) is 8.51. The zero-order valence-electron chi connectivity index (χ0n) is 10.5. The minimum absolute atomic E-state index is 0.183. The van der Waals surface area contributed by atoms with E-state index in [1.54, 1.807) is 0 Å². The minimum atomic E-state index is -0.762. The second kappa shape index (κ2) is 4.65. The van der Waals surface area contributed by atoms with Crippen molar-refractivity contribution in [1.29, 1.82) is 5.26 Å². The van der Waals surface area contributed by atoms with Crippen molar-refractivity contribution in [3.05, 3.63) is 23.0 Å². The molecule has 1 aromatic rings. The predicted molar refractivity (Wildman–Crippen MR) is 66.4 cm³/mol. The van der Waals surface area contributed by atoms with E-state index in [0.717, 1.165) is 17.1 Å². The normalized spacial score (nSPS) is 15.1. The van der Waals surface area contributed by atoms with Gasteiger partial charge in [0.05, 0.1) is 23.4 Å². The maximum Gasteiger partial charge on any atom is 0.303 e. The molecule has 2 rings (SSSR count). The largest absolute Gasteiger partial charge is 0.481 e. The zero-order valence-corrected chi connectivity index (χ0v) is 10.5. The topological polar surface area (TPSA) is 77.2 Å². The molecule has 0 saturated carbocycles. The van der Waals surface area contributed by atoms with Crippen molar-refractivity contribution in [3.8, 4) is 6.07 Å². The van der Waals surface area contributed by atoms with E-state index in [1.165, 1.54) is 0 Å². The van der Waals surface area contributed by atoms with Crippen LogP contribution in [0.4, 0.5) is 5.69 Å². The molecule has 1 saturated heterocycles. The first kappa shape index (κ1) is 12.4. The number of nitrogens with zero attached hydrogens (tertiary/aromatic N) is 3. The zero-order chi connectivity index (χ0) is 13.3. The Kier molecular flexibility index (Phi) is 3.19. The van der Waals surface area contributed by atoms with Gasteiger partial charge in [-0.2, -0.15) is 5.26 Å². The third-order valence-electron chi connectivity index (χ3n) is 3.18. The molecule has 0 bridgehead atoms. The van der Waals surface area contributed by atoms with Gasteiger partial charge < -0.3 is 10.0 Å². The standard InChI is InChI=1S/C13H15N3O2/c1-8-3-12(11(5-14)9(2)15-8)16-6-10(7-16)4-13(17)18/h3,10H,4,6-7H2,1-2H3,(H,17,18). The van der Waals surface area contributed by atoms with Crippen LogP contribution in [0.15, 0.2) is 6.07 Å². The van der Waals surface area contributed by atoms with Gasteiger partial charge in [-0.3, -0.25) is 9.78 Å². The van der Waals surface area contributed by atoms with Crippen LogP contribution >= 0.6 is 0 Å². The van der Waals surface area contributed by atoms with Crippen molar-refractivity contribution in [2.45, 2.75) is 20.3 Å². The van der Waals surface area contributed by atoms with Gasteiger partial charge in [-0.1, -0.05) is 0 Å². The van der Waals surface area contributed by atoms with Gasteiger partial charge in [0.15, 0.2) is 0 Å². The molecule has 1 aliphatic rings. The molecule has 0 amide bonds. The molecule has 0 spiro atoms. The maximum atomic E-state index is 10.6. The summed E-state index contributed by atoms with van der Waals surface area (Å²) >= 11 is 0. The first-order valence-corrected chi connectivity index (χ1v) is 5.86. The lowest BCUT2D eigenvalue weighted by Crippen LogP contribution is -2.48. The molecule has 94 valence electrons. The van der Waals surface area contributed by atoms with E-state index in [4.69, 9.17) is 10.4 Å². The van der Waals surface area contributed by atoms with Crippen LogP contribution in [0.2, 0.25) is 0 Å². The van der Waals surface area contributed by atoms with Gasteiger partial charge in [-0.05, 0) is 19.9 Å². The molecular weight excluding hydrogens is 230 g/mol. The highest BCUT2D eigenvalue weighted by atomic mass is 16.4. The van der Waals surface area contributed by atoms with Crippen LogP contribution in [0.3, 0.4) is 0 Å². The number of aryl methyl sites for hydroxylation is 2. The Labute approximate surface area is 106 Å². The Morgan fingerprint density at radius 1 is 1.61 bits per heavy atom. The number of anilines is 1. The molecule has 1 fully saturated rings. The SMILES string of the molecule is Cc1cc(N2CC(CC(=O)O)C2)c(C#N)c(C)n1. The van der Waals surface area contributed by atoms with Gasteiger partial charge in [-0.25, -0.2) is 0 Å². The number of hydrogen-bond donors (Lipinski definition) is 1. The molecule has 0 aliphatic carbocycles. The van der Waals surface area contributed by atoms with Gasteiger partial charge in [0.2, 0.25) is 0 Å². The number of carboxylic acid groups (broad SMARTS) is 1. The number of carbonyl (C=O) groups is 1. The first-order valence-electron chi connectivity index (χ1n) is 5.86. The van der Waals surface area contributed by atoms with Crippen LogP contribution in [-0.4, -0.2) is 29.1 Å². The van der Waals surface area contributed by atoms with Crippen LogP contribution < -0.4 is 4.90 Å².